The Kier molecular flexibility index (Phi) is 4.92. The van der Waals surface area contributed by atoms with E-state index in [1.165, 1.54) is 11.3 Å². The third kappa shape index (κ3) is 3.41. The molecule has 0 saturated heterocycles. The number of carbonyl (C=O) groups is 1. The van der Waals surface area contributed by atoms with Crippen molar-refractivity contribution in [3.63, 3.8) is 0 Å². The molecule has 1 amide bonds. The van der Waals surface area contributed by atoms with Gasteiger partial charge in [0.05, 0.1) is 5.69 Å². The number of anilines is 1. The van der Waals surface area contributed by atoms with Crippen LogP contribution in [0.25, 0.3) is 11.3 Å². The quantitative estimate of drug-likeness (QED) is 0.658. The van der Waals surface area contributed by atoms with Gasteiger partial charge < -0.3 is 14.0 Å². The standard InChI is InChI=1S/C21H21N3O3S/c1-4-9-24-13(2)10-15(14(24)3)16-12-28-21(22-16)23-20(25)19-11-26-17-7-5-6-8-18(17)27-19/h4-8,10,12,19H,1,9,11H2,2-3H3,(H,22,23,25)/t19-/m1/s1. The Balaban J connectivity index is 1.48. The summed E-state index contributed by atoms with van der Waals surface area (Å²) in [5, 5.41) is 5.32. The smallest absolute Gasteiger partial charge is 0.270 e. The van der Waals surface area contributed by atoms with Crippen molar-refractivity contribution in [2.24, 2.45) is 0 Å². The van der Waals surface area contributed by atoms with Crippen LogP contribution in [0.15, 0.2) is 48.4 Å². The summed E-state index contributed by atoms with van der Waals surface area (Å²) >= 11 is 1.39. The number of ether oxygens (including phenoxy) is 2. The first-order valence-corrected chi connectivity index (χ1v) is 9.87. The number of benzene rings is 1. The van der Waals surface area contributed by atoms with E-state index in [0.29, 0.717) is 16.6 Å². The Labute approximate surface area is 167 Å². The molecule has 3 heterocycles. The van der Waals surface area contributed by atoms with Crippen molar-refractivity contribution < 1.29 is 14.3 Å². The number of fused-ring (bicyclic) bond motifs is 1. The number of nitrogens with zero attached hydrogens (tertiary/aromatic N) is 2. The highest BCUT2D eigenvalue weighted by Gasteiger charge is 2.28. The minimum atomic E-state index is -0.708. The van der Waals surface area contributed by atoms with Gasteiger partial charge in [0.2, 0.25) is 6.10 Å². The van der Waals surface area contributed by atoms with E-state index < -0.39 is 6.10 Å². The second kappa shape index (κ2) is 7.52. The number of carbonyl (C=O) groups excluding carboxylic acids is 1. The predicted octanol–water partition coefficient (Wildman–Crippen LogP) is 4.19. The molecule has 144 valence electrons. The number of hydrogen-bond donors (Lipinski definition) is 1. The Hall–Kier alpha value is -3.06. The first kappa shape index (κ1) is 18.3. The fourth-order valence-electron chi connectivity index (χ4n) is 3.26. The van der Waals surface area contributed by atoms with Crippen LogP contribution in [0, 0.1) is 13.8 Å². The summed E-state index contributed by atoms with van der Waals surface area (Å²) in [6.07, 6.45) is 1.17. The normalized spacial score (nSPS) is 15.3. The van der Waals surface area contributed by atoms with Gasteiger partial charge in [-0.15, -0.1) is 17.9 Å². The van der Waals surface area contributed by atoms with E-state index in [1.54, 1.807) is 6.07 Å². The molecule has 1 aliphatic heterocycles. The molecule has 1 atom stereocenters. The summed E-state index contributed by atoms with van der Waals surface area (Å²) in [7, 11) is 0. The first-order chi connectivity index (χ1) is 13.6. The number of hydrogen-bond acceptors (Lipinski definition) is 5. The molecule has 0 unspecified atom stereocenters. The number of aromatic nitrogens is 2. The van der Waals surface area contributed by atoms with Gasteiger partial charge >= 0.3 is 0 Å². The second-order valence-corrected chi connectivity index (χ2v) is 7.43. The zero-order valence-electron chi connectivity index (χ0n) is 15.8. The van der Waals surface area contributed by atoms with Crippen LogP contribution in [0.1, 0.15) is 11.4 Å². The Bertz CT molecular complexity index is 1040. The zero-order valence-corrected chi connectivity index (χ0v) is 16.6. The lowest BCUT2D eigenvalue weighted by Gasteiger charge is -2.25. The summed E-state index contributed by atoms with van der Waals surface area (Å²) in [6, 6.07) is 9.42. The minimum absolute atomic E-state index is 0.170. The van der Waals surface area contributed by atoms with Gasteiger partial charge in [-0.25, -0.2) is 4.98 Å². The van der Waals surface area contributed by atoms with Crippen molar-refractivity contribution >= 4 is 22.4 Å². The molecule has 28 heavy (non-hydrogen) atoms. The van der Waals surface area contributed by atoms with Crippen LogP contribution in [0.3, 0.4) is 0 Å². The highest BCUT2D eigenvalue weighted by molar-refractivity contribution is 7.14. The molecular formula is C21H21N3O3S. The maximum atomic E-state index is 12.6. The molecule has 0 radical (unpaired) electrons. The Morgan fingerprint density at radius 1 is 1.39 bits per heavy atom. The van der Waals surface area contributed by atoms with Gasteiger partial charge in [0, 0.05) is 28.9 Å². The van der Waals surface area contributed by atoms with E-state index in [0.717, 1.165) is 29.2 Å². The highest BCUT2D eigenvalue weighted by Crippen LogP contribution is 2.32. The van der Waals surface area contributed by atoms with E-state index in [1.807, 2.05) is 29.7 Å². The molecule has 4 rings (SSSR count). The van der Waals surface area contributed by atoms with E-state index in [4.69, 9.17) is 9.47 Å². The molecule has 1 aromatic carbocycles. The predicted molar refractivity (Wildman–Crippen MR) is 110 cm³/mol. The molecule has 0 spiro atoms. The molecule has 2 aromatic heterocycles. The lowest BCUT2D eigenvalue weighted by atomic mass is 10.2. The van der Waals surface area contributed by atoms with E-state index in [2.05, 4.69) is 41.4 Å². The van der Waals surface area contributed by atoms with Crippen molar-refractivity contribution in [3.05, 3.63) is 59.8 Å². The van der Waals surface area contributed by atoms with Gasteiger partial charge in [0.1, 0.15) is 6.61 Å². The minimum Gasteiger partial charge on any atom is -0.485 e. The maximum absolute atomic E-state index is 12.6. The number of para-hydroxylation sites is 2. The summed E-state index contributed by atoms with van der Waals surface area (Å²) in [6.45, 7) is 8.86. The fraction of sp³-hybridized carbons (Fsp3) is 0.238. The van der Waals surface area contributed by atoms with Gasteiger partial charge in [-0.1, -0.05) is 18.2 Å². The Morgan fingerprint density at radius 2 is 2.18 bits per heavy atom. The third-order valence-electron chi connectivity index (χ3n) is 4.70. The number of amides is 1. The molecule has 3 aromatic rings. The van der Waals surface area contributed by atoms with Crippen molar-refractivity contribution in [1.82, 2.24) is 9.55 Å². The molecule has 6 nitrogen and oxygen atoms in total. The number of allylic oxidation sites excluding steroid dienone is 1. The SMILES string of the molecule is C=CCn1c(C)cc(-c2csc(NC(=O)[C@H]3COc4ccccc4O3)n2)c1C. The Morgan fingerprint density at radius 3 is 2.96 bits per heavy atom. The summed E-state index contributed by atoms with van der Waals surface area (Å²) in [4.78, 5) is 17.2. The molecule has 1 N–H and O–H groups in total. The maximum Gasteiger partial charge on any atom is 0.270 e. The fourth-order valence-corrected chi connectivity index (χ4v) is 3.97. The van der Waals surface area contributed by atoms with Gasteiger partial charge in [-0.05, 0) is 32.0 Å². The molecule has 7 heteroatoms. The van der Waals surface area contributed by atoms with Crippen LogP contribution in [0.2, 0.25) is 0 Å². The van der Waals surface area contributed by atoms with Crippen LogP contribution < -0.4 is 14.8 Å². The number of aryl methyl sites for hydroxylation is 1. The molecule has 0 aliphatic carbocycles. The van der Waals surface area contributed by atoms with Crippen LogP contribution in [-0.4, -0.2) is 28.2 Å². The molecular weight excluding hydrogens is 374 g/mol. The topological polar surface area (TPSA) is 65.4 Å². The lowest BCUT2D eigenvalue weighted by molar-refractivity contribution is -0.125. The summed E-state index contributed by atoms with van der Waals surface area (Å²) in [5.74, 6) is 0.953. The van der Waals surface area contributed by atoms with Crippen molar-refractivity contribution in [1.29, 1.82) is 0 Å². The number of nitrogens with one attached hydrogen (secondary N) is 1. The van der Waals surface area contributed by atoms with Crippen LogP contribution in [-0.2, 0) is 11.3 Å². The lowest BCUT2D eigenvalue weighted by Crippen LogP contribution is -2.40. The average molecular weight is 395 g/mol. The van der Waals surface area contributed by atoms with E-state index >= 15 is 0 Å². The van der Waals surface area contributed by atoms with Crippen molar-refractivity contribution in [3.8, 4) is 22.8 Å². The summed E-state index contributed by atoms with van der Waals surface area (Å²) < 4.78 is 13.5. The van der Waals surface area contributed by atoms with Crippen LogP contribution >= 0.6 is 11.3 Å². The molecule has 0 saturated carbocycles. The highest BCUT2D eigenvalue weighted by atomic mass is 32.1. The van der Waals surface area contributed by atoms with Gasteiger partial charge in [-0.3, -0.25) is 10.1 Å². The monoisotopic (exact) mass is 395 g/mol. The first-order valence-electron chi connectivity index (χ1n) is 8.99. The van der Waals surface area contributed by atoms with Crippen LogP contribution in [0.5, 0.6) is 11.5 Å². The molecule has 1 aliphatic rings. The molecule has 0 bridgehead atoms. The molecule has 0 fully saturated rings. The van der Waals surface area contributed by atoms with Gasteiger partial charge in [-0.2, -0.15) is 0 Å². The van der Waals surface area contributed by atoms with Crippen molar-refractivity contribution in [2.75, 3.05) is 11.9 Å². The second-order valence-electron chi connectivity index (χ2n) is 6.58. The zero-order chi connectivity index (χ0) is 19.7. The largest absolute Gasteiger partial charge is 0.485 e. The number of thiazole rings is 1. The summed E-state index contributed by atoms with van der Waals surface area (Å²) in [5.41, 5.74) is 4.18. The third-order valence-corrected chi connectivity index (χ3v) is 5.45. The van der Waals surface area contributed by atoms with E-state index in [-0.39, 0.29) is 12.5 Å². The number of rotatable bonds is 5. The van der Waals surface area contributed by atoms with Crippen LogP contribution in [0.4, 0.5) is 5.13 Å². The van der Waals surface area contributed by atoms with Crippen molar-refractivity contribution in [2.45, 2.75) is 26.5 Å². The van der Waals surface area contributed by atoms with Gasteiger partial charge in [0.15, 0.2) is 16.6 Å². The van der Waals surface area contributed by atoms with E-state index in [9.17, 15) is 4.79 Å². The van der Waals surface area contributed by atoms with Gasteiger partial charge in [0.25, 0.3) is 5.91 Å². The average Bonchev–Trinajstić information content (AvgIpc) is 3.27.